The van der Waals surface area contributed by atoms with Crippen molar-refractivity contribution in [3.63, 3.8) is 0 Å². The lowest BCUT2D eigenvalue weighted by atomic mass is 10.1. The van der Waals surface area contributed by atoms with E-state index in [0.717, 1.165) is 5.69 Å². The molecule has 5 rings (SSSR count). The molecule has 3 heterocycles. The van der Waals surface area contributed by atoms with Crippen LogP contribution in [0.4, 0.5) is 15.2 Å². The highest BCUT2D eigenvalue weighted by atomic mass is 32.2. The van der Waals surface area contributed by atoms with Gasteiger partial charge in [-0.1, -0.05) is 6.07 Å². The molecule has 0 unspecified atom stereocenters. The third kappa shape index (κ3) is 4.56. The fourth-order valence-electron chi connectivity index (χ4n) is 4.65. The van der Waals surface area contributed by atoms with E-state index in [1.54, 1.807) is 54.2 Å². The molecule has 0 saturated carbocycles. The molecule has 1 fully saturated rings. The third-order valence-electron chi connectivity index (χ3n) is 6.56. The topological polar surface area (TPSA) is 87.5 Å². The van der Waals surface area contributed by atoms with Crippen LogP contribution in [0.3, 0.4) is 0 Å². The van der Waals surface area contributed by atoms with Crippen molar-refractivity contribution < 1.29 is 19.0 Å². The molecule has 1 saturated heterocycles. The number of halogens is 1. The van der Waals surface area contributed by atoms with E-state index < -0.39 is 16.1 Å². The first-order valence-corrected chi connectivity index (χ1v) is 13.9. The van der Waals surface area contributed by atoms with E-state index >= 15 is 0 Å². The van der Waals surface area contributed by atoms with Crippen LogP contribution in [0.15, 0.2) is 71.2 Å². The molecule has 4 aromatic rings. The number of hydrogen-bond donors (Lipinski definition) is 1. The standard InChI is InChI=1S/C25H26FN5O3S2.H2/c1-17-16-29(19-6-8-20(9-7-19)36(33,34)28-25-27-11-15-35-25)13-14-30(17)24(32)18(2)31-12-10-21-22(26)4-3-5-23(21)31;/h3-12,15,17-18H,13-14,16H2,1-2H3,(H,27,28);1H/t17-,18+;/m1./s1. The highest BCUT2D eigenvalue weighted by Crippen LogP contribution is 2.27. The number of nitrogens with one attached hydrogen (secondary N) is 1. The molecule has 1 N–H and O–H groups in total. The molecule has 1 aliphatic rings. The molecule has 1 aliphatic heterocycles. The summed E-state index contributed by atoms with van der Waals surface area (Å²) in [6.07, 6.45) is 3.30. The minimum absolute atomic E-state index is 0. The van der Waals surface area contributed by atoms with Crippen LogP contribution in [-0.2, 0) is 14.8 Å². The quantitative estimate of drug-likeness (QED) is 0.395. The Bertz CT molecular complexity index is 1490. The van der Waals surface area contributed by atoms with Crippen LogP contribution in [0, 0.1) is 5.82 Å². The van der Waals surface area contributed by atoms with Crippen LogP contribution in [0.25, 0.3) is 10.9 Å². The number of aromatic nitrogens is 2. The fourth-order valence-corrected chi connectivity index (χ4v) is 6.44. The van der Waals surface area contributed by atoms with E-state index in [-0.39, 0.29) is 24.1 Å². The summed E-state index contributed by atoms with van der Waals surface area (Å²) < 4.78 is 43.6. The molecule has 1 amide bonds. The highest BCUT2D eigenvalue weighted by Gasteiger charge is 2.31. The van der Waals surface area contributed by atoms with Gasteiger partial charge in [0.15, 0.2) is 5.13 Å². The number of hydrogen-bond acceptors (Lipinski definition) is 6. The third-order valence-corrected chi connectivity index (χ3v) is 8.73. The molecule has 11 heteroatoms. The lowest BCUT2D eigenvalue weighted by molar-refractivity contribution is -0.136. The zero-order valence-electron chi connectivity index (χ0n) is 19.8. The normalized spacial score (nSPS) is 17.4. The Balaban J connectivity index is 0.00000320. The van der Waals surface area contributed by atoms with Gasteiger partial charge in [-0.15, -0.1) is 11.3 Å². The molecule has 0 aliphatic carbocycles. The minimum atomic E-state index is -3.71. The first-order chi connectivity index (χ1) is 17.2. The maximum absolute atomic E-state index is 14.1. The van der Waals surface area contributed by atoms with Gasteiger partial charge in [0, 0.05) is 56.0 Å². The van der Waals surface area contributed by atoms with E-state index in [2.05, 4.69) is 14.6 Å². The predicted molar refractivity (Wildman–Crippen MR) is 141 cm³/mol. The number of carbonyl (C=O) groups excluding carboxylic acids is 1. The van der Waals surface area contributed by atoms with Crippen molar-refractivity contribution in [2.75, 3.05) is 29.3 Å². The van der Waals surface area contributed by atoms with Crippen molar-refractivity contribution in [3.05, 3.63) is 72.1 Å². The van der Waals surface area contributed by atoms with Crippen LogP contribution in [0.5, 0.6) is 0 Å². The maximum Gasteiger partial charge on any atom is 0.263 e. The van der Waals surface area contributed by atoms with Gasteiger partial charge in [-0.25, -0.2) is 17.8 Å². The van der Waals surface area contributed by atoms with Gasteiger partial charge >= 0.3 is 0 Å². The van der Waals surface area contributed by atoms with Gasteiger partial charge in [-0.05, 0) is 56.3 Å². The molecule has 2 aromatic heterocycles. The Morgan fingerprint density at radius 2 is 1.97 bits per heavy atom. The van der Waals surface area contributed by atoms with Crippen molar-refractivity contribution >= 4 is 49.0 Å². The van der Waals surface area contributed by atoms with Crippen molar-refractivity contribution in [2.24, 2.45) is 0 Å². The predicted octanol–water partition coefficient (Wildman–Crippen LogP) is 4.58. The van der Waals surface area contributed by atoms with E-state index in [4.69, 9.17) is 0 Å². The summed E-state index contributed by atoms with van der Waals surface area (Å²) in [6.45, 7) is 5.60. The number of rotatable bonds is 6. The number of fused-ring (bicyclic) bond motifs is 1. The summed E-state index contributed by atoms with van der Waals surface area (Å²) in [5.74, 6) is -0.315. The SMILES string of the molecule is C[C@@H]1CN(c2ccc(S(=O)(=O)Nc3nccs3)cc2)CCN1C(=O)[C@H](C)n1ccc2c(F)cccc21.[HH]. The van der Waals surface area contributed by atoms with Gasteiger partial charge in [0.2, 0.25) is 5.91 Å². The molecule has 36 heavy (non-hydrogen) atoms. The molecular weight excluding hydrogens is 501 g/mol. The Hall–Kier alpha value is -3.44. The molecule has 190 valence electrons. The average Bonchev–Trinajstić information content (AvgIpc) is 3.53. The second kappa shape index (κ2) is 9.55. The van der Waals surface area contributed by atoms with Crippen LogP contribution in [0.1, 0.15) is 21.3 Å². The molecular formula is C25H28FN5O3S2. The van der Waals surface area contributed by atoms with Gasteiger partial charge < -0.3 is 14.4 Å². The summed E-state index contributed by atoms with van der Waals surface area (Å²) in [6, 6.07) is 12.8. The van der Waals surface area contributed by atoms with E-state index in [0.29, 0.717) is 35.7 Å². The van der Waals surface area contributed by atoms with E-state index in [9.17, 15) is 17.6 Å². The van der Waals surface area contributed by atoms with Crippen LogP contribution in [-0.4, -0.2) is 54.5 Å². The first kappa shape index (κ1) is 24.3. The molecule has 2 atom stereocenters. The maximum atomic E-state index is 14.1. The zero-order valence-corrected chi connectivity index (χ0v) is 21.5. The zero-order chi connectivity index (χ0) is 25.4. The van der Waals surface area contributed by atoms with E-state index in [1.807, 2.05) is 29.4 Å². The summed E-state index contributed by atoms with van der Waals surface area (Å²) in [5, 5.41) is 2.52. The van der Waals surface area contributed by atoms with Crippen LogP contribution in [0.2, 0.25) is 0 Å². The Labute approximate surface area is 214 Å². The lowest BCUT2D eigenvalue weighted by Crippen LogP contribution is -2.55. The molecule has 0 radical (unpaired) electrons. The van der Waals surface area contributed by atoms with Crippen molar-refractivity contribution in [2.45, 2.75) is 30.8 Å². The second-order valence-corrected chi connectivity index (χ2v) is 11.4. The first-order valence-electron chi connectivity index (χ1n) is 11.6. The summed E-state index contributed by atoms with van der Waals surface area (Å²) >= 11 is 1.22. The van der Waals surface area contributed by atoms with Crippen LogP contribution < -0.4 is 9.62 Å². The fraction of sp³-hybridized carbons (Fsp3) is 0.280. The number of anilines is 2. The molecule has 0 bridgehead atoms. The van der Waals surface area contributed by atoms with E-state index in [1.165, 1.54) is 17.4 Å². The largest absolute Gasteiger partial charge is 0.368 e. The van der Waals surface area contributed by atoms with Crippen LogP contribution >= 0.6 is 11.3 Å². The Morgan fingerprint density at radius 1 is 1.19 bits per heavy atom. The van der Waals surface area contributed by atoms with Gasteiger partial charge in [0.05, 0.1) is 10.4 Å². The van der Waals surface area contributed by atoms with Gasteiger partial charge in [-0.3, -0.25) is 9.52 Å². The lowest BCUT2D eigenvalue weighted by Gasteiger charge is -2.42. The van der Waals surface area contributed by atoms with Crippen molar-refractivity contribution in [1.29, 1.82) is 0 Å². The van der Waals surface area contributed by atoms with Gasteiger partial charge in [-0.2, -0.15) is 0 Å². The minimum Gasteiger partial charge on any atom is -0.368 e. The second-order valence-electron chi connectivity index (χ2n) is 8.83. The average molecular weight is 530 g/mol. The number of amides is 1. The number of carbonyl (C=O) groups is 1. The number of sulfonamides is 1. The number of piperazine rings is 1. The van der Waals surface area contributed by atoms with Gasteiger partial charge in [0.25, 0.3) is 10.0 Å². The summed E-state index contributed by atoms with van der Waals surface area (Å²) in [7, 11) is -3.71. The van der Waals surface area contributed by atoms with Crippen molar-refractivity contribution in [1.82, 2.24) is 14.5 Å². The summed E-state index contributed by atoms with van der Waals surface area (Å²) in [5.41, 5.74) is 1.59. The molecule has 2 aromatic carbocycles. The number of thiazole rings is 1. The molecule has 0 spiro atoms. The number of nitrogens with zero attached hydrogens (tertiary/aromatic N) is 4. The highest BCUT2D eigenvalue weighted by molar-refractivity contribution is 7.93. The Morgan fingerprint density at radius 3 is 2.67 bits per heavy atom. The smallest absolute Gasteiger partial charge is 0.263 e. The van der Waals surface area contributed by atoms with Crippen molar-refractivity contribution in [3.8, 4) is 0 Å². The Kier molecular flexibility index (Phi) is 6.44. The summed E-state index contributed by atoms with van der Waals surface area (Å²) in [4.78, 5) is 21.5. The van der Waals surface area contributed by atoms with Gasteiger partial charge in [0.1, 0.15) is 11.9 Å². The molecule has 8 nitrogen and oxygen atoms in total. The number of benzene rings is 2. The monoisotopic (exact) mass is 529 g/mol.